The van der Waals surface area contributed by atoms with E-state index in [4.69, 9.17) is 4.74 Å². The first-order valence-electron chi connectivity index (χ1n) is 4.85. The van der Waals surface area contributed by atoms with Crippen LogP contribution in [0.5, 0.6) is 5.75 Å². The maximum Gasteiger partial charge on any atom is 0.137 e. The third-order valence-electron chi connectivity index (χ3n) is 1.40. The van der Waals surface area contributed by atoms with Gasteiger partial charge in [-0.05, 0) is 6.07 Å². The normalized spacial score (nSPS) is 7.71. The first-order valence-corrected chi connectivity index (χ1v) is 4.85. The maximum absolute atomic E-state index is 5.10. The highest BCUT2D eigenvalue weighted by Gasteiger charge is 1.96. The second-order valence-corrected chi connectivity index (χ2v) is 2.23. The van der Waals surface area contributed by atoms with Crippen molar-refractivity contribution in [2.24, 2.45) is 0 Å². The minimum Gasteiger partial charge on any atom is -0.495 e. The first-order chi connectivity index (χ1) is 6.88. The molecule has 0 N–H and O–H groups in total. The molecular formula is C12H17NO. The summed E-state index contributed by atoms with van der Waals surface area (Å²) < 4.78 is 5.10. The molecule has 0 aromatic carbocycles. The van der Waals surface area contributed by atoms with Crippen LogP contribution in [-0.4, -0.2) is 12.1 Å². The van der Waals surface area contributed by atoms with Gasteiger partial charge in [0, 0.05) is 18.8 Å². The molecule has 2 heteroatoms. The monoisotopic (exact) mass is 191 g/mol. The molecule has 1 aromatic rings. The van der Waals surface area contributed by atoms with E-state index in [2.05, 4.69) is 16.8 Å². The highest BCUT2D eigenvalue weighted by molar-refractivity contribution is 5.43. The van der Waals surface area contributed by atoms with Crippen molar-refractivity contribution >= 4 is 0 Å². The maximum atomic E-state index is 5.10. The number of hydrogen-bond acceptors (Lipinski definition) is 2. The fourth-order valence-corrected chi connectivity index (χ4v) is 0.837. The second-order valence-electron chi connectivity index (χ2n) is 2.23. The van der Waals surface area contributed by atoms with Crippen LogP contribution >= 0.6 is 0 Å². The zero-order chi connectivity index (χ0) is 10.8. The van der Waals surface area contributed by atoms with Crippen LogP contribution in [0.2, 0.25) is 0 Å². The third kappa shape index (κ3) is 3.95. The van der Waals surface area contributed by atoms with Crippen LogP contribution in [0.3, 0.4) is 0 Å². The van der Waals surface area contributed by atoms with E-state index < -0.39 is 0 Å². The van der Waals surface area contributed by atoms with Crippen LogP contribution in [0.25, 0.3) is 0 Å². The predicted molar refractivity (Wildman–Crippen MR) is 59.3 cm³/mol. The Morgan fingerprint density at radius 2 is 2.14 bits per heavy atom. The lowest BCUT2D eigenvalue weighted by Crippen LogP contribution is -1.87. The molecule has 76 valence electrons. The molecule has 0 aliphatic rings. The summed E-state index contributed by atoms with van der Waals surface area (Å²) in [5.74, 6) is 6.73. The molecule has 0 saturated carbocycles. The van der Waals surface area contributed by atoms with Crippen LogP contribution in [-0.2, 0) is 0 Å². The van der Waals surface area contributed by atoms with Gasteiger partial charge in [-0.15, -0.1) is 0 Å². The Morgan fingerprint density at radius 3 is 2.71 bits per heavy atom. The zero-order valence-corrected chi connectivity index (χ0v) is 9.29. The number of aromatic nitrogens is 1. The number of pyridine rings is 1. The quantitative estimate of drug-likeness (QED) is 0.637. The summed E-state index contributed by atoms with van der Waals surface area (Å²) in [5, 5.41) is 0. The van der Waals surface area contributed by atoms with Crippen molar-refractivity contribution in [3.63, 3.8) is 0 Å². The molecule has 0 aliphatic carbocycles. The van der Waals surface area contributed by atoms with Crippen molar-refractivity contribution < 1.29 is 4.74 Å². The fraction of sp³-hybridized carbons (Fsp3) is 0.417. The van der Waals surface area contributed by atoms with E-state index in [1.165, 1.54) is 0 Å². The summed E-state index contributed by atoms with van der Waals surface area (Å²) in [6.07, 6.45) is 4.25. The molecule has 1 rings (SSSR count). The van der Waals surface area contributed by atoms with Crippen molar-refractivity contribution in [2.45, 2.75) is 27.2 Å². The lowest BCUT2D eigenvalue weighted by molar-refractivity contribution is 0.413. The van der Waals surface area contributed by atoms with Crippen LogP contribution < -0.4 is 4.74 Å². The van der Waals surface area contributed by atoms with Crippen LogP contribution in [0.1, 0.15) is 32.8 Å². The standard InChI is InChI=1S/C10H11NO.C2H6/c1-3-4-5-9-8-11-7-6-10(9)12-2;1-2/h6-8H,3H2,1-2H3;1-2H3. The molecule has 0 radical (unpaired) electrons. The van der Waals surface area contributed by atoms with Gasteiger partial charge in [0.05, 0.1) is 12.7 Å². The van der Waals surface area contributed by atoms with E-state index >= 15 is 0 Å². The molecule has 0 atom stereocenters. The summed E-state index contributed by atoms with van der Waals surface area (Å²) in [6, 6.07) is 1.81. The summed E-state index contributed by atoms with van der Waals surface area (Å²) in [5.41, 5.74) is 0.849. The van der Waals surface area contributed by atoms with Gasteiger partial charge in [-0.25, -0.2) is 0 Å². The van der Waals surface area contributed by atoms with Gasteiger partial charge >= 0.3 is 0 Å². The zero-order valence-electron chi connectivity index (χ0n) is 9.29. The summed E-state index contributed by atoms with van der Waals surface area (Å²) in [6.45, 7) is 6.01. The Labute approximate surface area is 86.3 Å². The van der Waals surface area contributed by atoms with Gasteiger partial charge in [0.25, 0.3) is 0 Å². The highest BCUT2D eigenvalue weighted by Crippen LogP contribution is 2.13. The molecule has 0 bridgehead atoms. The Balaban J connectivity index is 0.000000791. The van der Waals surface area contributed by atoms with E-state index in [1.54, 1.807) is 25.6 Å². The first kappa shape index (κ1) is 12.5. The average molecular weight is 191 g/mol. The lowest BCUT2D eigenvalue weighted by atomic mass is 10.2. The second kappa shape index (κ2) is 8.12. The molecule has 0 spiro atoms. The van der Waals surface area contributed by atoms with Gasteiger partial charge in [-0.3, -0.25) is 4.98 Å². The van der Waals surface area contributed by atoms with Crippen molar-refractivity contribution in [1.29, 1.82) is 0 Å². The van der Waals surface area contributed by atoms with Gasteiger partial charge in [-0.1, -0.05) is 32.6 Å². The summed E-state index contributed by atoms with van der Waals surface area (Å²) in [7, 11) is 1.63. The molecule has 1 aromatic heterocycles. The van der Waals surface area contributed by atoms with Gasteiger partial charge in [0.2, 0.25) is 0 Å². The Bertz CT molecular complexity index is 310. The smallest absolute Gasteiger partial charge is 0.137 e. The van der Waals surface area contributed by atoms with Crippen LogP contribution in [0.4, 0.5) is 0 Å². The Morgan fingerprint density at radius 1 is 1.43 bits per heavy atom. The summed E-state index contributed by atoms with van der Waals surface area (Å²) >= 11 is 0. The molecule has 0 fully saturated rings. The van der Waals surface area contributed by atoms with E-state index in [9.17, 15) is 0 Å². The van der Waals surface area contributed by atoms with Crippen molar-refractivity contribution in [2.75, 3.05) is 7.11 Å². The Kier molecular flexibility index (Phi) is 7.26. The highest BCUT2D eigenvalue weighted by atomic mass is 16.5. The molecule has 2 nitrogen and oxygen atoms in total. The van der Waals surface area contributed by atoms with Gasteiger partial charge in [0.15, 0.2) is 0 Å². The fourth-order valence-electron chi connectivity index (χ4n) is 0.837. The van der Waals surface area contributed by atoms with Crippen molar-refractivity contribution in [3.05, 3.63) is 24.0 Å². The minimum atomic E-state index is 0.783. The average Bonchev–Trinajstić information content (AvgIpc) is 2.29. The number of nitrogens with zero attached hydrogens (tertiary/aromatic N) is 1. The van der Waals surface area contributed by atoms with Crippen molar-refractivity contribution in [1.82, 2.24) is 4.98 Å². The number of methoxy groups -OCH3 is 1. The SMILES string of the molecule is CC.CCC#Cc1cnccc1OC. The molecule has 0 aliphatic heterocycles. The number of hydrogen-bond donors (Lipinski definition) is 0. The lowest BCUT2D eigenvalue weighted by Gasteiger charge is -1.99. The van der Waals surface area contributed by atoms with Crippen LogP contribution in [0.15, 0.2) is 18.5 Å². The van der Waals surface area contributed by atoms with E-state index in [-0.39, 0.29) is 0 Å². The molecule has 14 heavy (non-hydrogen) atoms. The molecule has 0 saturated heterocycles. The van der Waals surface area contributed by atoms with E-state index in [0.717, 1.165) is 17.7 Å². The van der Waals surface area contributed by atoms with Gasteiger partial charge < -0.3 is 4.74 Å². The topological polar surface area (TPSA) is 22.1 Å². The molecule has 0 unspecified atom stereocenters. The summed E-state index contributed by atoms with van der Waals surface area (Å²) in [4.78, 5) is 3.96. The number of rotatable bonds is 1. The molecule has 1 heterocycles. The molecular weight excluding hydrogens is 174 g/mol. The van der Waals surface area contributed by atoms with E-state index in [1.807, 2.05) is 20.8 Å². The minimum absolute atomic E-state index is 0.783. The number of ether oxygens (including phenoxy) is 1. The third-order valence-corrected chi connectivity index (χ3v) is 1.40. The predicted octanol–water partition coefficient (Wildman–Crippen LogP) is 2.88. The van der Waals surface area contributed by atoms with Crippen molar-refractivity contribution in [3.8, 4) is 17.6 Å². The van der Waals surface area contributed by atoms with Crippen LogP contribution in [0, 0.1) is 11.8 Å². The largest absolute Gasteiger partial charge is 0.495 e. The van der Waals surface area contributed by atoms with Gasteiger partial charge in [-0.2, -0.15) is 0 Å². The van der Waals surface area contributed by atoms with Gasteiger partial charge in [0.1, 0.15) is 5.75 Å². The molecule has 0 amide bonds. The van der Waals surface area contributed by atoms with E-state index in [0.29, 0.717) is 0 Å². The Hall–Kier alpha value is -1.49.